The van der Waals surface area contributed by atoms with Crippen LogP contribution in [0.4, 0.5) is 0 Å². The molecule has 1 unspecified atom stereocenters. The van der Waals surface area contributed by atoms with Gasteiger partial charge in [-0.1, -0.05) is 52.4 Å². The average molecular weight is 334 g/mol. The molecule has 0 amide bonds. The standard InChI is InChI=1S/C20H30O4/c1-3-5-7-8-9-11-18(10-6-4-2)24-20(23)17-14-12-16(13-15-17)19(21)22/h12-15,18H,3-11H2,1-2H3,(H,21,22). The third-order valence-corrected chi connectivity index (χ3v) is 4.15. The minimum absolute atomic E-state index is 0.0433. The fraction of sp³-hybridized carbons (Fsp3) is 0.600. The van der Waals surface area contributed by atoms with Crippen molar-refractivity contribution in [1.29, 1.82) is 0 Å². The number of hydrogen-bond acceptors (Lipinski definition) is 3. The molecular weight excluding hydrogens is 304 g/mol. The molecule has 0 aromatic heterocycles. The van der Waals surface area contributed by atoms with Gasteiger partial charge in [-0.05, 0) is 43.5 Å². The van der Waals surface area contributed by atoms with E-state index in [9.17, 15) is 9.59 Å². The maximum atomic E-state index is 12.3. The zero-order chi connectivity index (χ0) is 17.8. The normalized spacial score (nSPS) is 11.9. The van der Waals surface area contributed by atoms with Crippen molar-refractivity contribution in [3.63, 3.8) is 0 Å². The van der Waals surface area contributed by atoms with Crippen LogP contribution < -0.4 is 0 Å². The van der Waals surface area contributed by atoms with Crippen LogP contribution in [0.2, 0.25) is 0 Å². The van der Waals surface area contributed by atoms with Gasteiger partial charge in [0.15, 0.2) is 0 Å². The molecule has 0 fully saturated rings. The minimum Gasteiger partial charge on any atom is -0.478 e. The third-order valence-electron chi connectivity index (χ3n) is 4.15. The summed E-state index contributed by atoms with van der Waals surface area (Å²) in [5.74, 6) is -1.36. The molecule has 0 radical (unpaired) electrons. The Morgan fingerprint density at radius 3 is 2.00 bits per heavy atom. The number of hydrogen-bond donors (Lipinski definition) is 1. The van der Waals surface area contributed by atoms with Gasteiger partial charge in [-0.3, -0.25) is 0 Å². The van der Waals surface area contributed by atoms with Crippen molar-refractivity contribution < 1.29 is 19.4 Å². The van der Waals surface area contributed by atoms with Crippen LogP contribution in [0.1, 0.15) is 92.4 Å². The first kappa shape index (κ1) is 20.2. The van der Waals surface area contributed by atoms with Gasteiger partial charge in [-0.25, -0.2) is 9.59 Å². The Morgan fingerprint density at radius 1 is 0.875 bits per heavy atom. The summed E-state index contributed by atoms with van der Waals surface area (Å²) in [6.45, 7) is 4.33. The van der Waals surface area contributed by atoms with E-state index in [1.165, 1.54) is 49.9 Å². The highest BCUT2D eigenvalue weighted by Crippen LogP contribution is 2.17. The lowest BCUT2D eigenvalue weighted by atomic mass is 10.0. The second-order valence-corrected chi connectivity index (χ2v) is 6.25. The van der Waals surface area contributed by atoms with E-state index < -0.39 is 5.97 Å². The monoisotopic (exact) mass is 334 g/mol. The number of unbranched alkanes of at least 4 members (excludes halogenated alkanes) is 5. The Labute approximate surface area is 145 Å². The molecule has 0 aliphatic carbocycles. The van der Waals surface area contributed by atoms with Gasteiger partial charge in [0.25, 0.3) is 0 Å². The number of carboxylic acid groups (broad SMARTS) is 1. The second-order valence-electron chi connectivity index (χ2n) is 6.25. The molecule has 0 saturated carbocycles. The van der Waals surface area contributed by atoms with E-state index in [0.717, 1.165) is 32.1 Å². The Bertz CT molecular complexity index is 493. The molecule has 24 heavy (non-hydrogen) atoms. The van der Waals surface area contributed by atoms with E-state index in [1.807, 2.05) is 0 Å². The fourth-order valence-corrected chi connectivity index (χ4v) is 2.64. The number of carbonyl (C=O) groups is 2. The quantitative estimate of drug-likeness (QED) is 0.407. The SMILES string of the molecule is CCCCCCCC(CCCC)OC(=O)c1ccc(C(=O)O)cc1. The zero-order valence-electron chi connectivity index (χ0n) is 14.9. The summed E-state index contributed by atoms with van der Waals surface area (Å²) < 4.78 is 5.66. The molecule has 134 valence electrons. The number of carbonyl (C=O) groups excluding carboxylic acids is 1. The van der Waals surface area contributed by atoms with Crippen molar-refractivity contribution in [1.82, 2.24) is 0 Å². The summed E-state index contributed by atoms with van der Waals surface area (Å²) in [7, 11) is 0. The fourth-order valence-electron chi connectivity index (χ4n) is 2.64. The maximum Gasteiger partial charge on any atom is 0.338 e. The average Bonchev–Trinajstić information content (AvgIpc) is 2.59. The molecule has 4 nitrogen and oxygen atoms in total. The molecule has 0 bridgehead atoms. The summed E-state index contributed by atoms with van der Waals surface area (Å²) in [6, 6.07) is 5.91. The van der Waals surface area contributed by atoms with Gasteiger partial charge in [0, 0.05) is 0 Å². The van der Waals surface area contributed by atoms with Gasteiger partial charge in [0.1, 0.15) is 6.10 Å². The highest BCUT2D eigenvalue weighted by atomic mass is 16.5. The van der Waals surface area contributed by atoms with Crippen LogP contribution >= 0.6 is 0 Å². The summed E-state index contributed by atoms with van der Waals surface area (Å²) >= 11 is 0. The Kier molecular flexibility index (Phi) is 9.81. The third kappa shape index (κ3) is 7.62. The van der Waals surface area contributed by atoms with Crippen molar-refractivity contribution in [2.45, 2.75) is 77.7 Å². The van der Waals surface area contributed by atoms with E-state index in [1.54, 1.807) is 0 Å². The molecule has 4 heteroatoms. The summed E-state index contributed by atoms with van der Waals surface area (Å²) in [6.07, 6.45) is 9.87. The molecule has 0 spiro atoms. The number of aromatic carboxylic acids is 1. The van der Waals surface area contributed by atoms with Crippen molar-refractivity contribution in [2.24, 2.45) is 0 Å². The number of esters is 1. The number of benzene rings is 1. The molecule has 1 N–H and O–H groups in total. The predicted molar refractivity (Wildman–Crippen MR) is 95.5 cm³/mol. The van der Waals surface area contributed by atoms with E-state index in [0.29, 0.717) is 5.56 Å². The van der Waals surface area contributed by atoms with Crippen LogP contribution in [-0.2, 0) is 4.74 Å². The van der Waals surface area contributed by atoms with Gasteiger partial charge in [-0.2, -0.15) is 0 Å². The molecule has 1 aromatic rings. The Morgan fingerprint density at radius 2 is 1.42 bits per heavy atom. The van der Waals surface area contributed by atoms with Crippen LogP contribution in [0.3, 0.4) is 0 Å². The van der Waals surface area contributed by atoms with Gasteiger partial charge in [0.05, 0.1) is 11.1 Å². The summed E-state index contributed by atoms with van der Waals surface area (Å²) in [5, 5.41) is 8.90. The first-order valence-electron chi connectivity index (χ1n) is 9.12. The minimum atomic E-state index is -0.997. The molecule has 1 atom stereocenters. The largest absolute Gasteiger partial charge is 0.478 e. The van der Waals surface area contributed by atoms with Crippen LogP contribution in [0.5, 0.6) is 0 Å². The number of ether oxygens (including phenoxy) is 1. The van der Waals surface area contributed by atoms with Crippen molar-refractivity contribution in [2.75, 3.05) is 0 Å². The summed E-state index contributed by atoms with van der Waals surface area (Å²) in [5.41, 5.74) is 0.581. The highest BCUT2D eigenvalue weighted by molar-refractivity contribution is 5.92. The molecule has 0 heterocycles. The molecule has 0 aliphatic rings. The Hall–Kier alpha value is -1.84. The molecule has 0 aliphatic heterocycles. The summed E-state index contributed by atoms with van der Waals surface area (Å²) in [4.78, 5) is 23.1. The van der Waals surface area contributed by atoms with Crippen molar-refractivity contribution >= 4 is 11.9 Å². The van der Waals surface area contributed by atoms with E-state index in [-0.39, 0.29) is 17.6 Å². The van der Waals surface area contributed by atoms with Crippen LogP contribution in [0, 0.1) is 0 Å². The lowest BCUT2D eigenvalue weighted by molar-refractivity contribution is 0.0249. The highest BCUT2D eigenvalue weighted by Gasteiger charge is 2.16. The maximum absolute atomic E-state index is 12.3. The van der Waals surface area contributed by atoms with E-state index in [2.05, 4.69) is 13.8 Å². The zero-order valence-corrected chi connectivity index (χ0v) is 14.9. The topological polar surface area (TPSA) is 63.6 Å². The van der Waals surface area contributed by atoms with Gasteiger partial charge < -0.3 is 9.84 Å². The van der Waals surface area contributed by atoms with E-state index >= 15 is 0 Å². The first-order valence-corrected chi connectivity index (χ1v) is 9.12. The van der Waals surface area contributed by atoms with Gasteiger partial charge >= 0.3 is 11.9 Å². The predicted octanol–water partition coefficient (Wildman–Crippen LogP) is 5.46. The van der Waals surface area contributed by atoms with Crippen LogP contribution in [-0.4, -0.2) is 23.1 Å². The van der Waals surface area contributed by atoms with E-state index in [4.69, 9.17) is 9.84 Å². The number of carboxylic acids is 1. The molecule has 1 rings (SSSR count). The molecule has 0 saturated heterocycles. The van der Waals surface area contributed by atoms with Crippen molar-refractivity contribution in [3.05, 3.63) is 35.4 Å². The second kappa shape index (κ2) is 11.7. The van der Waals surface area contributed by atoms with Crippen LogP contribution in [0.25, 0.3) is 0 Å². The lowest BCUT2D eigenvalue weighted by Crippen LogP contribution is -2.18. The molecule has 1 aromatic carbocycles. The lowest BCUT2D eigenvalue weighted by Gasteiger charge is -2.18. The van der Waals surface area contributed by atoms with Crippen LogP contribution in [0.15, 0.2) is 24.3 Å². The van der Waals surface area contributed by atoms with Gasteiger partial charge in [-0.15, -0.1) is 0 Å². The van der Waals surface area contributed by atoms with Gasteiger partial charge in [0.2, 0.25) is 0 Å². The first-order chi connectivity index (χ1) is 11.6. The number of rotatable bonds is 12. The Balaban J connectivity index is 2.53. The molecular formula is C20H30O4. The smallest absolute Gasteiger partial charge is 0.338 e. The van der Waals surface area contributed by atoms with Crippen molar-refractivity contribution in [3.8, 4) is 0 Å².